The van der Waals surface area contributed by atoms with Crippen molar-refractivity contribution < 1.29 is 17.6 Å². The van der Waals surface area contributed by atoms with Crippen LogP contribution < -0.4 is 4.74 Å². The third kappa shape index (κ3) is 3.72. The topological polar surface area (TPSA) is 85.5 Å². The Kier molecular flexibility index (Phi) is 4.67. The Morgan fingerprint density at radius 2 is 2.00 bits per heavy atom. The van der Waals surface area contributed by atoms with Crippen LogP contribution in [0.3, 0.4) is 0 Å². The van der Waals surface area contributed by atoms with Crippen LogP contribution in [0.2, 0.25) is 0 Å². The van der Waals surface area contributed by atoms with Crippen molar-refractivity contribution in [2.75, 3.05) is 19.7 Å². The van der Waals surface area contributed by atoms with Crippen LogP contribution in [0.1, 0.15) is 5.89 Å². The first-order chi connectivity index (χ1) is 13.0. The molecule has 0 bridgehead atoms. The van der Waals surface area contributed by atoms with Crippen LogP contribution >= 0.6 is 0 Å². The van der Waals surface area contributed by atoms with Crippen molar-refractivity contribution in [2.45, 2.75) is 11.8 Å². The van der Waals surface area contributed by atoms with Crippen LogP contribution in [0.15, 0.2) is 64.4 Å². The molecule has 1 fully saturated rings. The molecule has 0 amide bonds. The molecular weight excluding hydrogens is 366 g/mol. The summed E-state index contributed by atoms with van der Waals surface area (Å²) >= 11 is 0. The van der Waals surface area contributed by atoms with E-state index < -0.39 is 10.0 Å². The van der Waals surface area contributed by atoms with Gasteiger partial charge in [0.15, 0.2) is 5.89 Å². The molecule has 2 aromatic heterocycles. The number of oxazole rings is 1. The molecule has 7 nitrogen and oxygen atoms in total. The molecule has 8 heteroatoms. The predicted molar refractivity (Wildman–Crippen MR) is 98.7 cm³/mol. The third-order valence-corrected chi connectivity index (χ3v) is 6.30. The Balaban J connectivity index is 1.36. The fourth-order valence-corrected chi connectivity index (χ4v) is 4.51. The van der Waals surface area contributed by atoms with E-state index in [0.29, 0.717) is 37.0 Å². The standard InChI is InChI=1S/C19H19N3O4S/c1-14-21-19(13-25-14)16-4-6-18(7-5-16)27(23,24)22-10-15(11-22)12-26-17-3-2-8-20-9-17/h2-9,13,15H,10-12H2,1H3. The molecule has 0 spiro atoms. The van der Waals surface area contributed by atoms with Gasteiger partial charge in [0.05, 0.1) is 17.7 Å². The van der Waals surface area contributed by atoms with Gasteiger partial charge in [0.25, 0.3) is 0 Å². The fourth-order valence-electron chi connectivity index (χ4n) is 2.91. The Morgan fingerprint density at radius 3 is 2.63 bits per heavy atom. The van der Waals surface area contributed by atoms with Gasteiger partial charge in [0.1, 0.15) is 17.7 Å². The summed E-state index contributed by atoms with van der Waals surface area (Å²) in [5, 5.41) is 0. The number of rotatable bonds is 6. The lowest BCUT2D eigenvalue weighted by Gasteiger charge is -2.37. The van der Waals surface area contributed by atoms with E-state index in [1.807, 2.05) is 6.07 Å². The molecule has 1 aliphatic heterocycles. The van der Waals surface area contributed by atoms with E-state index in [9.17, 15) is 8.42 Å². The molecular formula is C19H19N3O4S. The zero-order valence-electron chi connectivity index (χ0n) is 14.8. The molecule has 4 rings (SSSR count). The summed E-state index contributed by atoms with van der Waals surface area (Å²) < 4.78 is 37.8. The van der Waals surface area contributed by atoms with Gasteiger partial charge in [-0.05, 0) is 24.3 Å². The molecule has 1 saturated heterocycles. The maximum absolute atomic E-state index is 12.7. The molecule has 140 valence electrons. The van der Waals surface area contributed by atoms with Crippen molar-refractivity contribution in [2.24, 2.45) is 5.92 Å². The highest BCUT2D eigenvalue weighted by molar-refractivity contribution is 7.89. The maximum atomic E-state index is 12.7. The molecule has 1 aromatic carbocycles. The first-order valence-corrected chi connectivity index (χ1v) is 10.0. The van der Waals surface area contributed by atoms with Crippen LogP contribution in [-0.4, -0.2) is 42.4 Å². The normalized spacial score (nSPS) is 15.4. The van der Waals surface area contributed by atoms with E-state index >= 15 is 0 Å². The summed E-state index contributed by atoms with van der Waals surface area (Å²) in [7, 11) is -3.49. The summed E-state index contributed by atoms with van der Waals surface area (Å²) in [5.41, 5.74) is 1.50. The number of sulfonamides is 1. The van der Waals surface area contributed by atoms with Gasteiger partial charge < -0.3 is 9.15 Å². The smallest absolute Gasteiger partial charge is 0.243 e. The van der Waals surface area contributed by atoms with Gasteiger partial charge in [-0.2, -0.15) is 4.31 Å². The van der Waals surface area contributed by atoms with E-state index in [1.165, 1.54) is 4.31 Å². The van der Waals surface area contributed by atoms with Gasteiger partial charge in [0, 0.05) is 37.7 Å². The Bertz CT molecular complexity index is 1010. The van der Waals surface area contributed by atoms with E-state index in [2.05, 4.69) is 9.97 Å². The van der Waals surface area contributed by atoms with E-state index in [-0.39, 0.29) is 10.8 Å². The average Bonchev–Trinajstić information content (AvgIpc) is 3.08. The highest BCUT2D eigenvalue weighted by Crippen LogP contribution is 2.27. The van der Waals surface area contributed by atoms with E-state index in [4.69, 9.17) is 9.15 Å². The second kappa shape index (κ2) is 7.13. The largest absolute Gasteiger partial charge is 0.492 e. The predicted octanol–water partition coefficient (Wildman–Crippen LogP) is 2.74. The van der Waals surface area contributed by atoms with Crippen molar-refractivity contribution >= 4 is 10.0 Å². The summed E-state index contributed by atoms with van der Waals surface area (Å²) in [5.74, 6) is 1.44. The molecule has 0 saturated carbocycles. The van der Waals surface area contributed by atoms with Gasteiger partial charge >= 0.3 is 0 Å². The Morgan fingerprint density at radius 1 is 1.22 bits per heavy atom. The number of hydrogen-bond acceptors (Lipinski definition) is 6. The number of pyridine rings is 1. The Hall–Kier alpha value is -2.71. The lowest BCUT2D eigenvalue weighted by molar-refractivity contribution is 0.129. The molecule has 0 atom stereocenters. The molecule has 0 N–H and O–H groups in total. The molecule has 27 heavy (non-hydrogen) atoms. The molecule has 3 heterocycles. The third-order valence-electron chi connectivity index (χ3n) is 4.45. The number of ether oxygens (including phenoxy) is 1. The number of aryl methyl sites for hydroxylation is 1. The molecule has 0 aliphatic carbocycles. The average molecular weight is 385 g/mol. The molecule has 1 aliphatic rings. The first-order valence-electron chi connectivity index (χ1n) is 8.58. The molecule has 0 radical (unpaired) electrons. The van der Waals surface area contributed by atoms with Gasteiger partial charge in [-0.15, -0.1) is 0 Å². The van der Waals surface area contributed by atoms with Gasteiger partial charge in [-0.3, -0.25) is 4.98 Å². The van der Waals surface area contributed by atoms with Crippen molar-refractivity contribution in [3.8, 4) is 17.0 Å². The number of hydrogen-bond donors (Lipinski definition) is 0. The van der Waals surface area contributed by atoms with Crippen LogP contribution in [0.25, 0.3) is 11.3 Å². The van der Waals surface area contributed by atoms with Gasteiger partial charge in [-0.25, -0.2) is 13.4 Å². The zero-order chi connectivity index (χ0) is 18.9. The first kappa shape index (κ1) is 17.7. The minimum atomic E-state index is -3.49. The highest BCUT2D eigenvalue weighted by Gasteiger charge is 2.37. The summed E-state index contributed by atoms with van der Waals surface area (Å²) in [6, 6.07) is 10.3. The van der Waals surface area contributed by atoms with E-state index in [0.717, 1.165) is 5.56 Å². The monoisotopic (exact) mass is 385 g/mol. The van der Waals surface area contributed by atoms with Crippen LogP contribution in [0.5, 0.6) is 5.75 Å². The fraction of sp³-hybridized carbons (Fsp3) is 0.263. The van der Waals surface area contributed by atoms with E-state index in [1.54, 1.807) is 55.9 Å². The lowest BCUT2D eigenvalue weighted by atomic mass is 10.1. The van der Waals surface area contributed by atoms with Crippen molar-refractivity contribution in [3.63, 3.8) is 0 Å². The molecule has 3 aromatic rings. The minimum Gasteiger partial charge on any atom is -0.492 e. The Labute approximate surface area is 157 Å². The van der Waals surface area contributed by atoms with Crippen molar-refractivity contribution in [1.29, 1.82) is 0 Å². The van der Waals surface area contributed by atoms with Gasteiger partial charge in [0.2, 0.25) is 10.0 Å². The minimum absolute atomic E-state index is 0.178. The maximum Gasteiger partial charge on any atom is 0.243 e. The quantitative estimate of drug-likeness (QED) is 0.649. The SMILES string of the molecule is Cc1nc(-c2ccc(S(=O)(=O)N3CC(COc4cccnc4)C3)cc2)co1. The van der Waals surface area contributed by atoms with Gasteiger partial charge in [-0.1, -0.05) is 12.1 Å². The second-order valence-corrected chi connectivity index (χ2v) is 8.40. The summed E-state index contributed by atoms with van der Waals surface area (Å²) in [6.45, 7) is 3.14. The highest BCUT2D eigenvalue weighted by atomic mass is 32.2. The summed E-state index contributed by atoms with van der Waals surface area (Å²) in [4.78, 5) is 8.51. The van der Waals surface area contributed by atoms with Crippen LogP contribution in [0.4, 0.5) is 0 Å². The van der Waals surface area contributed by atoms with Crippen molar-refractivity contribution in [1.82, 2.24) is 14.3 Å². The van der Waals surface area contributed by atoms with Crippen LogP contribution in [-0.2, 0) is 10.0 Å². The number of nitrogens with zero attached hydrogens (tertiary/aromatic N) is 3. The van der Waals surface area contributed by atoms with Crippen LogP contribution in [0, 0.1) is 12.8 Å². The lowest BCUT2D eigenvalue weighted by Crippen LogP contribution is -2.51. The molecule has 0 unspecified atom stereocenters. The zero-order valence-corrected chi connectivity index (χ0v) is 15.6. The summed E-state index contributed by atoms with van der Waals surface area (Å²) in [6.07, 6.45) is 4.88. The second-order valence-electron chi connectivity index (χ2n) is 6.46. The number of benzene rings is 1. The van der Waals surface area contributed by atoms with Crippen molar-refractivity contribution in [3.05, 3.63) is 60.9 Å². The number of aromatic nitrogens is 2.